The maximum absolute atomic E-state index is 14.9. The van der Waals surface area contributed by atoms with Crippen LogP contribution in [0.25, 0.3) is 11.1 Å². The van der Waals surface area contributed by atoms with Gasteiger partial charge in [0.1, 0.15) is 12.6 Å². The molecule has 0 bridgehead atoms. The Bertz CT molecular complexity index is 1410. The second-order valence-electron chi connectivity index (χ2n) is 9.63. The lowest BCUT2D eigenvalue weighted by Crippen LogP contribution is -2.42. The van der Waals surface area contributed by atoms with E-state index in [9.17, 15) is 33.1 Å². The number of benzene rings is 3. The van der Waals surface area contributed by atoms with E-state index >= 15 is 0 Å². The van der Waals surface area contributed by atoms with Crippen LogP contribution in [0.3, 0.4) is 0 Å². The molecule has 0 saturated heterocycles. The van der Waals surface area contributed by atoms with E-state index in [4.69, 9.17) is 13.8 Å². The van der Waals surface area contributed by atoms with Gasteiger partial charge in [-0.1, -0.05) is 72.8 Å². The summed E-state index contributed by atoms with van der Waals surface area (Å²) in [6.07, 6.45) is -3.62. The summed E-state index contributed by atoms with van der Waals surface area (Å²) in [5, 5.41) is 22.4. The Morgan fingerprint density at radius 3 is 1.95 bits per heavy atom. The van der Waals surface area contributed by atoms with Crippen molar-refractivity contribution in [1.29, 1.82) is 0 Å². The number of halogens is 2. The van der Waals surface area contributed by atoms with Gasteiger partial charge in [-0.25, -0.2) is 9.59 Å². The van der Waals surface area contributed by atoms with Gasteiger partial charge in [-0.3, -0.25) is 4.57 Å². The zero-order valence-corrected chi connectivity index (χ0v) is 23.9. The molecule has 1 aliphatic rings. The Morgan fingerprint density at radius 2 is 1.45 bits per heavy atom. The molecular formula is C30H32F2NO8P. The molecule has 0 aromatic heterocycles. The number of aliphatic hydroxyl groups excluding tert-OH is 1. The van der Waals surface area contributed by atoms with Crippen LogP contribution in [0.4, 0.5) is 13.6 Å². The highest BCUT2D eigenvalue weighted by Gasteiger charge is 2.59. The molecule has 3 aromatic rings. The van der Waals surface area contributed by atoms with E-state index in [1.165, 1.54) is 26.0 Å². The number of carbonyl (C=O) groups is 2. The van der Waals surface area contributed by atoms with E-state index in [-0.39, 0.29) is 37.7 Å². The molecule has 3 aromatic carbocycles. The average molecular weight is 604 g/mol. The Kier molecular flexibility index (Phi) is 9.78. The van der Waals surface area contributed by atoms with Crippen molar-refractivity contribution in [2.45, 2.75) is 44.0 Å². The van der Waals surface area contributed by atoms with E-state index in [1.54, 1.807) is 0 Å². The summed E-state index contributed by atoms with van der Waals surface area (Å²) in [5.41, 5.74) is -0.0273. The molecule has 0 fully saturated rings. The molecule has 0 saturated carbocycles. The van der Waals surface area contributed by atoms with Crippen molar-refractivity contribution >= 4 is 19.7 Å². The predicted molar refractivity (Wildman–Crippen MR) is 151 cm³/mol. The first-order chi connectivity index (χ1) is 20.0. The molecule has 42 heavy (non-hydrogen) atoms. The van der Waals surface area contributed by atoms with Crippen LogP contribution < -0.4 is 5.32 Å². The zero-order chi connectivity index (χ0) is 30.5. The minimum atomic E-state index is -4.98. The van der Waals surface area contributed by atoms with Crippen LogP contribution in [0.5, 0.6) is 0 Å². The Labute approximate surface area is 242 Å². The number of aliphatic carboxylic acids is 1. The van der Waals surface area contributed by atoms with Crippen LogP contribution in [0.2, 0.25) is 0 Å². The third-order valence-corrected chi connectivity index (χ3v) is 9.13. The minimum absolute atomic E-state index is 0.000341. The number of hydrogen-bond donors (Lipinski definition) is 3. The summed E-state index contributed by atoms with van der Waals surface area (Å²) in [6.45, 7) is 2.12. The summed E-state index contributed by atoms with van der Waals surface area (Å²) >= 11 is 0. The van der Waals surface area contributed by atoms with Crippen LogP contribution in [0, 0.1) is 0 Å². The number of aliphatic hydroxyl groups is 1. The summed E-state index contributed by atoms with van der Waals surface area (Å²) in [7, 11) is -4.98. The average Bonchev–Trinajstić information content (AvgIpc) is 3.29. The Morgan fingerprint density at radius 1 is 0.929 bits per heavy atom. The van der Waals surface area contributed by atoms with Crippen molar-refractivity contribution in [2.24, 2.45) is 0 Å². The molecule has 2 atom stereocenters. The molecule has 1 aliphatic carbocycles. The highest BCUT2D eigenvalue weighted by molar-refractivity contribution is 7.55. The Balaban J connectivity index is 1.40. The van der Waals surface area contributed by atoms with Crippen LogP contribution in [-0.4, -0.2) is 53.8 Å². The SMILES string of the molecule is CCOP(=O)(OCC)C(F)(F)C(O)c1ccc(CC(NC(=O)OCC2c3ccccc3-c3ccccc32)C(=O)O)cc1. The summed E-state index contributed by atoms with van der Waals surface area (Å²) < 4.78 is 57.3. The van der Waals surface area contributed by atoms with Crippen molar-refractivity contribution in [3.05, 3.63) is 95.1 Å². The first-order valence-corrected chi connectivity index (χ1v) is 14.9. The number of fused-ring (bicyclic) bond motifs is 3. The van der Waals surface area contributed by atoms with Crippen molar-refractivity contribution < 1.29 is 46.9 Å². The van der Waals surface area contributed by atoms with Gasteiger partial charge in [0.25, 0.3) is 0 Å². The van der Waals surface area contributed by atoms with Gasteiger partial charge in [0, 0.05) is 12.3 Å². The van der Waals surface area contributed by atoms with Gasteiger partial charge in [0.15, 0.2) is 6.10 Å². The highest BCUT2D eigenvalue weighted by atomic mass is 31.2. The summed E-state index contributed by atoms with van der Waals surface area (Å²) in [4.78, 5) is 24.5. The largest absolute Gasteiger partial charge is 0.480 e. The number of rotatable bonds is 13. The fraction of sp³-hybridized carbons (Fsp3) is 0.333. The highest BCUT2D eigenvalue weighted by Crippen LogP contribution is 2.66. The molecule has 12 heteroatoms. The number of hydrogen-bond acceptors (Lipinski definition) is 7. The van der Waals surface area contributed by atoms with Crippen LogP contribution in [-0.2, 0) is 29.6 Å². The van der Waals surface area contributed by atoms with Crippen molar-refractivity contribution in [3.63, 3.8) is 0 Å². The maximum atomic E-state index is 14.9. The normalized spacial score (nSPS) is 14.5. The van der Waals surface area contributed by atoms with Gasteiger partial charge < -0.3 is 29.3 Å². The first kappa shape index (κ1) is 31.3. The van der Waals surface area contributed by atoms with E-state index in [0.29, 0.717) is 5.56 Å². The van der Waals surface area contributed by atoms with E-state index in [1.807, 2.05) is 48.5 Å². The van der Waals surface area contributed by atoms with E-state index in [0.717, 1.165) is 34.4 Å². The molecule has 2 unspecified atom stereocenters. The van der Waals surface area contributed by atoms with Crippen LogP contribution >= 0.6 is 7.60 Å². The molecule has 0 heterocycles. The lowest BCUT2D eigenvalue weighted by molar-refractivity contribution is -0.139. The molecular weight excluding hydrogens is 571 g/mol. The molecule has 1 amide bonds. The topological polar surface area (TPSA) is 131 Å². The van der Waals surface area contributed by atoms with Crippen molar-refractivity contribution in [2.75, 3.05) is 19.8 Å². The molecule has 3 N–H and O–H groups in total. The second-order valence-corrected chi connectivity index (χ2v) is 11.7. The Hall–Kier alpha value is -3.63. The lowest BCUT2D eigenvalue weighted by Gasteiger charge is -2.29. The number of carboxylic acids is 1. The van der Waals surface area contributed by atoms with Crippen molar-refractivity contribution in [1.82, 2.24) is 5.32 Å². The first-order valence-electron chi connectivity index (χ1n) is 13.4. The number of carbonyl (C=O) groups excluding carboxylic acids is 1. The zero-order valence-electron chi connectivity index (χ0n) is 23.0. The number of carboxylic acid groups (broad SMARTS) is 1. The fourth-order valence-corrected chi connectivity index (χ4v) is 6.50. The van der Waals surface area contributed by atoms with Crippen LogP contribution in [0.15, 0.2) is 72.8 Å². The molecule has 0 radical (unpaired) electrons. The summed E-state index contributed by atoms with van der Waals surface area (Å²) in [5.74, 6) is -1.53. The number of ether oxygens (including phenoxy) is 1. The molecule has 0 spiro atoms. The summed E-state index contributed by atoms with van der Waals surface area (Å²) in [6, 6.07) is 19.2. The standard InChI is InChI=1S/C30H32F2NO8P/c1-3-40-42(38,41-4-2)30(31,32)27(34)20-15-13-19(14-16-20)17-26(28(35)36)33-29(37)39-18-25-23-11-7-5-9-21(23)22-10-6-8-12-24(22)25/h5-16,25-27,34H,3-4,17-18H2,1-2H3,(H,33,37)(H,35,36). The number of amides is 1. The predicted octanol–water partition coefficient (Wildman–Crippen LogP) is 6.11. The third kappa shape index (κ3) is 6.39. The van der Waals surface area contributed by atoms with Gasteiger partial charge in [-0.15, -0.1) is 0 Å². The van der Waals surface area contributed by atoms with Gasteiger partial charge in [0.2, 0.25) is 0 Å². The van der Waals surface area contributed by atoms with Gasteiger partial charge >= 0.3 is 25.3 Å². The van der Waals surface area contributed by atoms with Gasteiger partial charge in [0.05, 0.1) is 13.2 Å². The molecule has 4 rings (SSSR count). The second kappa shape index (κ2) is 13.1. The van der Waals surface area contributed by atoms with Gasteiger partial charge in [-0.2, -0.15) is 8.78 Å². The quantitative estimate of drug-likeness (QED) is 0.199. The monoisotopic (exact) mass is 603 g/mol. The number of nitrogens with one attached hydrogen (secondary N) is 1. The molecule has 9 nitrogen and oxygen atoms in total. The van der Waals surface area contributed by atoms with Gasteiger partial charge in [-0.05, 0) is 47.2 Å². The number of alkyl carbamates (subject to hydrolysis) is 1. The smallest absolute Gasteiger partial charge is 0.407 e. The fourth-order valence-electron chi connectivity index (χ4n) is 4.95. The molecule has 224 valence electrons. The third-order valence-electron chi connectivity index (χ3n) is 6.96. The minimum Gasteiger partial charge on any atom is -0.480 e. The van der Waals surface area contributed by atoms with E-state index in [2.05, 4.69) is 5.32 Å². The maximum Gasteiger partial charge on any atom is 0.407 e. The van der Waals surface area contributed by atoms with Crippen molar-refractivity contribution in [3.8, 4) is 11.1 Å². The number of alkyl halides is 2. The van der Waals surface area contributed by atoms with E-state index < -0.39 is 37.5 Å². The van der Waals surface area contributed by atoms with Crippen LogP contribution in [0.1, 0.15) is 48.1 Å². The molecule has 0 aliphatic heterocycles. The lowest BCUT2D eigenvalue weighted by atomic mass is 9.98.